The summed E-state index contributed by atoms with van der Waals surface area (Å²) in [6.45, 7) is 0.378. The van der Waals surface area contributed by atoms with Crippen LogP contribution in [0.4, 0.5) is 27.8 Å². The van der Waals surface area contributed by atoms with Gasteiger partial charge in [-0.1, -0.05) is 17.7 Å². The summed E-state index contributed by atoms with van der Waals surface area (Å²) in [5, 5.41) is 13.8. The molecule has 0 atom stereocenters. The fourth-order valence-electron chi connectivity index (χ4n) is 2.61. The number of hydrogen-bond acceptors (Lipinski definition) is 6. The number of rotatable bonds is 6. The minimum absolute atomic E-state index is 0.126. The van der Waals surface area contributed by atoms with Gasteiger partial charge in [-0.25, -0.2) is 4.39 Å². The first-order chi connectivity index (χ1) is 12.6. The monoisotopic (exact) mass is 373 g/mol. The molecule has 4 rings (SSSR count). The Morgan fingerprint density at radius 3 is 2.73 bits per heavy atom. The van der Waals surface area contributed by atoms with E-state index < -0.39 is 0 Å². The number of nitrogens with two attached hydrogens (primary N) is 1. The molecule has 0 aliphatic heterocycles. The lowest BCUT2D eigenvalue weighted by Crippen LogP contribution is -2.07. The van der Waals surface area contributed by atoms with Crippen molar-refractivity contribution in [3.05, 3.63) is 52.4 Å². The molecule has 26 heavy (non-hydrogen) atoms. The third-order valence-corrected chi connectivity index (χ3v) is 4.44. The number of nitrogen functional groups attached to an aromatic ring is 1. The van der Waals surface area contributed by atoms with Crippen molar-refractivity contribution in [3.8, 4) is 0 Å². The molecule has 0 bridgehead atoms. The maximum atomic E-state index is 13.1. The molecule has 1 aromatic carbocycles. The van der Waals surface area contributed by atoms with E-state index in [-0.39, 0.29) is 11.8 Å². The molecule has 0 spiro atoms. The molecule has 5 N–H and O–H groups in total. The molecule has 0 saturated heterocycles. The number of nitrogens with zero attached hydrogens (tertiary/aromatic N) is 3. The van der Waals surface area contributed by atoms with Gasteiger partial charge in [0.25, 0.3) is 0 Å². The molecule has 134 valence electrons. The lowest BCUT2D eigenvalue weighted by Gasteiger charge is -2.10. The minimum Gasteiger partial charge on any atom is -0.368 e. The third-order valence-electron chi connectivity index (χ3n) is 4.09. The molecule has 1 aliphatic carbocycles. The number of benzene rings is 1. The van der Waals surface area contributed by atoms with Crippen LogP contribution in [-0.2, 0) is 6.54 Å². The molecule has 9 heteroatoms. The van der Waals surface area contributed by atoms with Crippen molar-refractivity contribution < 1.29 is 4.39 Å². The van der Waals surface area contributed by atoms with Crippen LogP contribution in [0.25, 0.3) is 0 Å². The number of halogens is 2. The first-order valence-electron chi connectivity index (χ1n) is 8.21. The Bertz CT molecular complexity index is 939. The Morgan fingerprint density at radius 1 is 1.15 bits per heavy atom. The van der Waals surface area contributed by atoms with Crippen LogP contribution in [-0.4, -0.2) is 20.2 Å². The fourth-order valence-corrected chi connectivity index (χ4v) is 2.84. The highest BCUT2D eigenvalue weighted by Crippen LogP contribution is 2.39. The molecular formula is C17H17ClFN7. The minimum atomic E-state index is -0.374. The van der Waals surface area contributed by atoms with Gasteiger partial charge in [-0.3, -0.25) is 5.10 Å². The van der Waals surface area contributed by atoms with Crippen molar-refractivity contribution in [2.45, 2.75) is 25.3 Å². The molecule has 0 radical (unpaired) electrons. The molecule has 0 unspecified atom stereocenters. The number of H-pyrrole nitrogens is 1. The summed E-state index contributed by atoms with van der Waals surface area (Å²) in [5.74, 6) is 2.07. The van der Waals surface area contributed by atoms with E-state index in [4.69, 9.17) is 17.3 Å². The SMILES string of the molecule is Nc1nc(NCc2ccc(F)cc2Cl)cc(Nc2cc(C3CC3)[nH]n2)n1. The second-order valence-electron chi connectivity index (χ2n) is 6.19. The highest BCUT2D eigenvalue weighted by atomic mass is 35.5. The van der Waals surface area contributed by atoms with E-state index in [2.05, 4.69) is 30.8 Å². The van der Waals surface area contributed by atoms with Crippen LogP contribution in [0, 0.1) is 5.82 Å². The standard InChI is InChI=1S/C17H17ClFN7/c18-12-5-11(19)4-3-10(12)8-21-14-7-15(24-17(20)23-14)22-16-6-13(25-26-16)9-1-2-9/h3-7,9H,1-2,8H2,(H5,20,21,22,23,24,25,26). The van der Waals surface area contributed by atoms with Gasteiger partial charge in [-0.2, -0.15) is 15.1 Å². The molecule has 1 aliphatic rings. The van der Waals surface area contributed by atoms with Crippen LogP contribution < -0.4 is 16.4 Å². The smallest absolute Gasteiger partial charge is 0.223 e. The maximum Gasteiger partial charge on any atom is 0.223 e. The zero-order chi connectivity index (χ0) is 18.1. The van der Waals surface area contributed by atoms with E-state index in [9.17, 15) is 4.39 Å². The Labute approximate surface area is 154 Å². The van der Waals surface area contributed by atoms with E-state index >= 15 is 0 Å². The number of aromatic nitrogens is 4. The van der Waals surface area contributed by atoms with Gasteiger partial charge in [0, 0.05) is 35.3 Å². The predicted octanol–water partition coefficient (Wildman–Crippen LogP) is 3.81. The van der Waals surface area contributed by atoms with Crippen molar-refractivity contribution in [2.75, 3.05) is 16.4 Å². The van der Waals surface area contributed by atoms with Crippen LogP contribution in [0.2, 0.25) is 5.02 Å². The lowest BCUT2D eigenvalue weighted by atomic mass is 10.2. The first kappa shape index (κ1) is 16.6. The molecule has 1 saturated carbocycles. The van der Waals surface area contributed by atoms with Gasteiger partial charge in [0.2, 0.25) is 5.95 Å². The van der Waals surface area contributed by atoms with Crippen molar-refractivity contribution in [2.24, 2.45) is 0 Å². The van der Waals surface area contributed by atoms with E-state index in [1.165, 1.54) is 25.0 Å². The summed E-state index contributed by atoms with van der Waals surface area (Å²) in [6, 6.07) is 7.95. The Morgan fingerprint density at radius 2 is 1.96 bits per heavy atom. The lowest BCUT2D eigenvalue weighted by molar-refractivity contribution is 0.627. The third kappa shape index (κ3) is 3.85. The summed E-state index contributed by atoms with van der Waals surface area (Å²) < 4.78 is 13.1. The molecule has 2 heterocycles. The zero-order valence-corrected chi connectivity index (χ0v) is 14.5. The van der Waals surface area contributed by atoms with Crippen LogP contribution in [0.5, 0.6) is 0 Å². The van der Waals surface area contributed by atoms with Gasteiger partial charge < -0.3 is 16.4 Å². The number of aromatic amines is 1. The van der Waals surface area contributed by atoms with Crippen LogP contribution in [0.3, 0.4) is 0 Å². The summed E-state index contributed by atoms with van der Waals surface area (Å²) >= 11 is 6.04. The second-order valence-corrected chi connectivity index (χ2v) is 6.60. The van der Waals surface area contributed by atoms with Crippen molar-refractivity contribution in [1.82, 2.24) is 20.2 Å². The Hall–Kier alpha value is -2.87. The largest absolute Gasteiger partial charge is 0.368 e. The molecule has 3 aromatic rings. The fraction of sp³-hybridized carbons (Fsp3) is 0.235. The van der Waals surface area contributed by atoms with Gasteiger partial charge in [-0.05, 0) is 30.5 Å². The second kappa shape index (κ2) is 6.80. The van der Waals surface area contributed by atoms with Crippen molar-refractivity contribution in [1.29, 1.82) is 0 Å². The van der Waals surface area contributed by atoms with E-state index in [0.717, 1.165) is 11.3 Å². The first-order valence-corrected chi connectivity index (χ1v) is 8.59. The Kier molecular flexibility index (Phi) is 4.34. The predicted molar refractivity (Wildman–Crippen MR) is 99.0 cm³/mol. The van der Waals surface area contributed by atoms with Crippen LogP contribution in [0.15, 0.2) is 30.3 Å². The summed E-state index contributed by atoms with van der Waals surface area (Å²) in [7, 11) is 0. The van der Waals surface area contributed by atoms with Gasteiger partial charge >= 0.3 is 0 Å². The van der Waals surface area contributed by atoms with E-state index in [1.54, 1.807) is 12.1 Å². The van der Waals surface area contributed by atoms with Gasteiger partial charge in [0.1, 0.15) is 17.5 Å². The molecular weight excluding hydrogens is 357 g/mol. The Balaban J connectivity index is 1.46. The van der Waals surface area contributed by atoms with E-state index in [1.807, 2.05) is 6.07 Å². The summed E-state index contributed by atoms with van der Waals surface area (Å²) in [4.78, 5) is 8.32. The average molecular weight is 374 g/mol. The van der Waals surface area contributed by atoms with Gasteiger partial charge in [0.15, 0.2) is 5.82 Å². The molecule has 7 nitrogen and oxygen atoms in total. The number of anilines is 4. The van der Waals surface area contributed by atoms with Crippen molar-refractivity contribution >= 4 is 35.0 Å². The summed E-state index contributed by atoms with van der Waals surface area (Å²) in [5.41, 5.74) is 7.66. The highest BCUT2D eigenvalue weighted by molar-refractivity contribution is 6.31. The van der Waals surface area contributed by atoms with Crippen molar-refractivity contribution in [3.63, 3.8) is 0 Å². The van der Waals surface area contributed by atoms with Crippen LogP contribution in [0.1, 0.15) is 30.0 Å². The normalized spacial score (nSPS) is 13.6. The maximum absolute atomic E-state index is 13.1. The van der Waals surface area contributed by atoms with Gasteiger partial charge in [-0.15, -0.1) is 0 Å². The summed E-state index contributed by atoms with van der Waals surface area (Å²) in [6.07, 6.45) is 2.39. The molecule has 0 amide bonds. The van der Waals surface area contributed by atoms with E-state index in [0.29, 0.717) is 34.9 Å². The number of nitrogens with one attached hydrogen (secondary N) is 3. The number of hydrogen-bond donors (Lipinski definition) is 4. The highest BCUT2D eigenvalue weighted by Gasteiger charge is 2.25. The average Bonchev–Trinajstić information content (AvgIpc) is 3.34. The van der Waals surface area contributed by atoms with Crippen LogP contribution >= 0.6 is 11.6 Å². The zero-order valence-electron chi connectivity index (χ0n) is 13.8. The van der Waals surface area contributed by atoms with Gasteiger partial charge in [0.05, 0.1) is 0 Å². The molecule has 2 aromatic heterocycles. The topological polar surface area (TPSA) is 105 Å². The quantitative estimate of drug-likeness (QED) is 0.523. The molecule has 1 fully saturated rings.